The van der Waals surface area contributed by atoms with Crippen molar-refractivity contribution in [2.45, 2.75) is 33.7 Å². The van der Waals surface area contributed by atoms with Crippen molar-refractivity contribution in [2.75, 3.05) is 0 Å². The Kier molecular flexibility index (Phi) is 8.31. The topological polar surface area (TPSA) is 159 Å². The lowest BCUT2D eigenvalue weighted by atomic mass is 10.00. The molecule has 0 radical (unpaired) electrons. The van der Waals surface area contributed by atoms with Gasteiger partial charge in [0.05, 0.1) is 20.4 Å². The Balaban J connectivity index is 1.41. The Hall–Kier alpha value is -6.45. The molecule has 14 heteroatoms. The monoisotopic (exact) mass is 727 g/mol. The van der Waals surface area contributed by atoms with Crippen LogP contribution in [0.1, 0.15) is 57.7 Å². The number of halogens is 3. The van der Waals surface area contributed by atoms with Crippen LogP contribution in [0, 0.1) is 75.6 Å². The van der Waals surface area contributed by atoms with Crippen LogP contribution in [0.3, 0.4) is 0 Å². The van der Waals surface area contributed by atoms with Crippen molar-refractivity contribution in [2.24, 2.45) is 15.9 Å². The largest absolute Gasteiger partial charge is 0.339 e. The van der Waals surface area contributed by atoms with Crippen LogP contribution in [0.4, 0.5) is 23.2 Å². The summed E-state index contributed by atoms with van der Waals surface area (Å²) in [6.07, 6.45) is 0.848. The number of benzene rings is 2. The minimum Gasteiger partial charge on any atom is -0.339 e. The molecule has 1 unspecified atom stereocenters. The van der Waals surface area contributed by atoms with Gasteiger partial charge < -0.3 is 4.57 Å². The maximum absolute atomic E-state index is 14.5. The number of aliphatic imine (C=N–C) groups is 2. The van der Waals surface area contributed by atoms with Gasteiger partial charge >= 0.3 is 0 Å². The Morgan fingerprint density at radius 1 is 0.712 bits per heavy atom. The van der Waals surface area contributed by atoms with E-state index in [4.69, 9.17) is 0 Å². The van der Waals surface area contributed by atoms with Crippen LogP contribution < -0.4 is 0 Å². The molecule has 2 aliphatic rings. The van der Waals surface area contributed by atoms with Crippen molar-refractivity contribution >= 4 is 87.2 Å². The van der Waals surface area contributed by atoms with Gasteiger partial charge in [-0.05, 0) is 60.4 Å². The van der Waals surface area contributed by atoms with E-state index in [1.54, 1.807) is 24.3 Å². The third-order valence-electron chi connectivity index (χ3n) is 9.06. The highest BCUT2D eigenvalue weighted by molar-refractivity contribution is 7.30. The maximum Gasteiger partial charge on any atom is 0.212 e. The first-order valence-corrected chi connectivity index (χ1v) is 17.3. The zero-order chi connectivity index (χ0) is 37.2. The van der Waals surface area contributed by atoms with Gasteiger partial charge in [-0.1, -0.05) is 20.3 Å². The molecule has 0 saturated heterocycles. The number of thiophene rings is 2. The summed E-state index contributed by atoms with van der Waals surface area (Å²) < 4.78 is 46.6. The average Bonchev–Trinajstić information content (AvgIpc) is 3.90. The summed E-state index contributed by atoms with van der Waals surface area (Å²) in [5, 5.41) is 39.6. The fraction of sp³-hybridized carbons (Fsp3) is 0.158. The van der Waals surface area contributed by atoms with Gasteiger partial charge in [0.25, 0.3) is 0 Å². The highest BCUT2D eigenvalue weighted by Crippen LogP contribution is 2.47. The summed E-state index contributed by atoms with van der Waals surface area (Å²) in [6, 6.07) is 14.7. The summed E-state index contributed by atoms with van der Waals surface area (Å²) in [5.41, 5.74) is 0.342. The molecule has 0 fully saturated rings. The van der Waals surface area contributed by atoms with Crippen LogP contribution in [-0.4, -0.2) is 27.6 Å². The Morgan fingerprint density at radius 3 is 1.58 bits per heavy atom. The molecule has 0 aliphatic heterocycles. The number of hydrogen-bond donors (Lipinski definition) is 0. The minimum atomic E-state index is -1.26. The summed E-state index contributed by atoms with van der Waals surface area (Å²) in [4.78, 5) is 36.3. The fourth-order valence-electron chi connectivity index (χ4n) is 6.31. The molecule has 3 aromatic heterocycles. The molecule has 3 heterocycles. The number of carbonyl (C=O) groups excluding carboxylic acids is 2. The van der Waals surface area contributed by atoms with E-state index in [-0.39, 0.29) is 61.9 Å². The molecule has 0 saturated carbocycles. The van der Waals surface area contributed by atoms with Crippen LogP contribution in [0.2, 0.25) is 0 Å². The number of Topliss-reactive ketones (excluding diaryl/α,β-unsaturated/α-hetero) is 2. The molecule has 0 N–H and O–H groups in total. The molecular weight excluding hydrogens is 708 g/mol. The van der Waals surface area contributed by atoms with Gasteiger partial charge in [-0.25, -0.2) is 23.2 Å². The molecule has 0 amide bonds. The highest BCUT2D eigenvalue weighted by atomic mass is 32.1. The minimum absolute atomic E-state index is 0.00472. The average molecular weight is 728 g/mol. The predicted octanol–water partition coefficient (Wildman–Crippen LogP) is 9.23. The first-order valence-electron chi connectivity index (χ1n) is 15.7. The molecule has 1 atom stereocenters. The Morgan fingerprint density at radius 2 is 1.13 bits per heavy atom. The summed E-state index contributed by atoms with van der Waals surface area (Å²) in [7, 11) is 0. The number of fused-ring (bicyclic) bond motifs is 5. The van der Waals surface area contributed by atoms with E-state index in [1.165, 1.54) is 35.7 Å². The van der Waals surface area contributed by atoms with Crippen LogP contribution >= 0.6 is 22.7 Å². The molecule has 2 aromatic carbocycles. The number of aryl methyl sites for hydroxylation is 1. The van der Waals surface area contributed by atoms with Gasteiger partial charge in [0.15, 0.2) is 11.6 Å². The second-order valence-electron chi connectivity index (χ2n) is 12.2. The van der Waals surface area contributed by atoms with E-state index in [9.17, 15) is 43.8 Å². The van der Waals surface area contributed by atoms with Gasteiger partial charge in [-0.2, -0.15) is 21.0 Å². The molecule has 7 rings (SSSR count). The van der Waals surface area contributed by atoms with E-state index >= 15 is 0 Å². The quantitative estimate of drug-likeness (QED) is 0.164. The van der Waals surface area contributed by atoms with E-state index in [1.807, 2.05) is 19.1 Å². The van der Waals surface area contributed by atoms with Crippen molar-refractivity contribution in [1.29, 1.82) is 21.0 Å². The summed E-state index contributed by atoms with van der Waals surface area (Å²) in [6.45, 7) is 6.21. The van der Waals surface area contributed by atoms with Crippen LogP contribution in [-0.2, 0) is 6.54 Å². The molecule has 0 spiro atoms. The normalized spacial score (nSPS) is 15.6. The number of nitrogens with zero attached hydrogens (tertiary/aromatic N) is 7. The number of rotatable bonds is 5. The first-order chi connectivity index (χ1) is 24.9. The molecule has 2 aliphatic carbocycles. The lowest BCUT2D eigenvalue weighted by molar-refractivity contribution is 0.106. The fourth-order valence-corrected chi connectivity index (χ4v) is 8.54. The van der Waals surface area contributed by atoms with Crippen LogP contribution in [0.25, 0.3) is 31.6 Å². The number of aromatic nitrogens is 1. The SMILES string of the molecule is CCC(C)Cn1c2cc(N=C3C(=O)c4cc(F)c(C)cc4C3=C(C#N)C#N)sc2c2sc(N=C3C(=O)c4cc(F)c(F)cc4C3=C(C#N)C#N)cc21. The Bertz CT molecular complexity index is 2590. The van der Waals surface area contributed by atoms with Crippen molar-refractivity contribution in [1.82, 2.24) is 4.57 Å². The van der Waals surface area contributed by atoms with Gasteiger partial charge in [-0.3, -0.25) is 9.59 Å². The van der Waals surface area contributed by atoms with Gasteiger partial charge in [0.1, 0.15) is 62.7 Å². The van der Waals surface area contributed by atoms with Crippen molar-refractivity contribution in [3.63, 3.8) is 0 Å². The van der Waals surface area contributed by atoms with Gasteiger partial charge in [-0.15, -0.1) is 22.7 Å². The second kappa shape index (κ2) is 12.7. The van der Waals surface area contributed by atoms with E-state index < -0.39 is 34.6 Å². The van der Waals surface area contributed by atoms with Crippen molar-refractivity contribution in [3.05, 3.63) is 92.8 Å². The first kappa shape index (κ1) is 34.0. The van der Waals surface area contributed by atoms with Crippen LogP contribution in [0.5, 0.6) is 0 Å². The predicted molar refractivity (Wildman–Crippen MR) is 191 cm³/mol. The lowest BCUT2D eigenvalue weighted by Gasteiger charge is -2.11. The van der Waals surface area contributed by atoms with E-state index in [2.05, 4.69) is 21.5 Å². The highest BCUT2D eigenvalue weighted by Gasteiger charge is 2.37. The molecule has 9 nitrogen and oxygen atoms in total. The zero-order valence-electron chi connectivity index (χ0n) is 27.4. The number of ketones is 2. The Labute approximate surface area is 301 Å². The molecule has 0 bridgehead atoms. The molecular formula is C38H20F3N7O2S2. The van der Waals surface area contributed by atoms with Crippen LogP contribution in [0.15, 0.2) is 57.5 Å². The van der Waals surface area contributed by atoms with Gasteiger partial charge in [0, 0.05) is 34.4 Å². The summed E-state index contributed by atoms with van der Waals surface area (Å²) >= 11 is 2.45. The third-order valence-corrected chi connectivity index (χ3v) is 11.3. The smallest absolute Gasteiger partial charge is 0.212 e. The molecule has 52 heavy (non-hydrogen) atoms. The number of hydrogen-bond acceptors (Lipinski definition) is 10. The second-order valence-corrected chi connectivity index (χ2v) is 14.3. The maximum atomic E-state index is 14.5. The van der Waals surface area contributed by atoms with Gasteiger partial charge in [0.2, 0.25) is 11.6 Å². The number of nitriles is 4. The van der Waals surface area contributed by atoms with E-state index in [0.717, 1.165) is 45.1 Å². The molecule has 252 valence electrons. The summed E-state index contributed by atoms with van der Waals surface area (Å²) in [5.74, 6) is -4.27. The van der Waals surface area contributed by atoms with Crippen molar-refractivity contribution in [3.8, 4) is 24.3 Å². The molecule has 5 aromatic rings. The lowest BCUT2D eigenvalue weighted by Crippen LogP contribution is -2.08. The number of allylic oxidation sites excluding steroid dienone is 4. The third kappa shape index (κ3) is 5.17. The van der Waals surface area contributed by atoms with Crippen molar-refractivity contribution < 1.29 is 22.8 Å². The van der Waals surface area contributed by atoms with E-state index in [0.29, 0.717) is 16.5 Å². The number of carbonyl (C=O) groups is 2. The zero-order valence-corrected chi connectivity index (χ0v) is 29.0. The standard InChI is InChI=1S/C38H20F3N7O2S2/c1-4-16(2)15-48-27-9-29(46-33-31(18(11-42)12-43)20-5-17(3)24(39)7-22(20)35(33)49)51-37(27)38-28(48)10-30(52-38)47-34-32(19(13-44)14-45)21-6-25(40)26(41)8-23(21)36(34)50/h5-10,16H,4,15H2,1-3H3.